The Kier molecular flexibility index (Phi) is 5.90. The molecule has 0 saturated heterocycles. The quantitative estimate of drug-likeness (QED) is 0.198. The molecule has 0 spiro atoms. The molecule has 0 aliphatic heterocycles. The van der Waals surface area contributed by atoms with Crippen LogP contribution in [0.2, 0.25) is 0 Å². The summed E-state index contributed by atoms with van der Waals surface area (Å²) in [6, 6.07) is 61.7. The van der Waals surface area contributed by atoms with Gasteiger partial charge in [0.1, 0.15) is 0 Å². The third kappa shape index (κ3) is 4.17. The van der Waals surface area contributed by atoms with E-state index in [1.807, 2.05) is 0 Å². The predicted octanol–water partition coefficient (Wildman–Crippen LogP) is 11.8. The summed E-state index contributed by atoms with van der Waals surface area (Å²) in [5.74, 6) is 0. The van der Waals surface area contributed by atoms with E-state index < -0.39 is 0 Å². The van der Waals surface area contributed by atoms with Gasteiger partial charge >= 0.3 is 0 Å². The van der Waals surface area contributed by atoms with E-state index in [4.69, 9.17) is 0 Å². The smallest absolute Gasteiger partial charge is 0.00264 e. The Balaban J connectivity index is 1.24. The van der Waals surface area contributed by atoms with Gasteiger partial charge in [-0.3, -0.25) is 0 Å². The molecule has 8 aromatic carbocycles. The van der Waals surface area contributed by atoms with Crippen molar-refractivity contribution in [2.45, 2.75) is 0 Å². The van der Waals surface area contributed by atoms with Crippen LogP contribution in [0.3, 0.4) is 0 Å². The van der Waals surface area contributed by atoms with Gasteiger partial charge in [-0.1, -0.05) is 158 Å². The summed E-state index contributed by atoms with van der Waals surface area (Å²) in [5, 5.41) is 7.66. The summed E-state index contributed by atoms with van der Waals surface area (Å²) in [4.78, 5) is 0. The van der Waals surface area contributed by atoms with Gasteiger partial charge in [-0.25, -0.2) is 0 Å². The summed E-state index contributed by atoms with van der Waals surface area (Å²) < 4.78 is 0. The first kappa shape index (κ1) is 24.3. The molecular weight excluding hydrogens is 504 g/mol. The summed E-state index contributed by atoms with van der Waals surface area (Å²) in [5.41, 5.74) is 9.98. The molecule has 0 fully saturated rings. The van der Waals surface area contributed by atoms with Crippen molar-refractivity contribution < 1.29 is 0 Å². The topological polar surface area (TPSA) is 0 Å². The molecule has 0 aliphatic rings. The van der Waals surface area contributed by atoms with E-state index >= 15 is 0 Å². The van der Waals surface area contributed by atoms with Crippen LogP contribution in [0.5, 0.6) is 0 Å². The third-order valence-electron chi connectivity index (χ3n) is 8.45. The van der Waals surface area contributed by atoms with Crippen LogP contribution < -0.4 is 0 Å². The maximum absolute atomic E-state index is 2.30. The molecule has 0 atom stereocenters. The van der Waals surface area contributed by atoms with Crippen molar-refractivity contribution >= 4 is 32.3 Å². The van der Waals surface area contributed by atoms with Crippen LogP contribution in [-0.2, 0) is 0 Å². The van der Waals surface area contributed by atoms with Crippen LogP contribution in [0.1, 0.15) is 0 Å². The Labute approximate surface area is 246 Å². The first-order valence-corrected chi connectivity index (χ1v) is 14.5. The molecule has 0 N–H and O–H groups in total. The minimum atomic E-state index is 1.22. The predicted molar refractivity (Wildman–Crippen MR) is 181 cm³/mol. The molecule has 0 saturated carbocycles. The van der Waals surface area contributed by atoms with Gasteiger partial charge in [0.05, 0.1) is 0 Å². The molecule has 196 valence electrons. The van der Waals surface area contributed by atoms with Gasteiger partial charge in [0, 0.05) is 0 Å². The van der Waals surface area contributed by atoms with Crippen LogP contribution in [0, 0.1) is 0 Å². The Morgan fingerprint density at radius 2 is 0.619 bits per heavy atom. The highest BCUT2D eigenvalue weighted by Crippen LogP contribution is 2.43. The first-order chi connectivity index (χ1) is 20.8. The van der Waals surface area contributed by atoms with Crippen LogP contribution in [0.15, 0.2) is 170 Å². The molecule has 0 aliphatic carbocycles. The molecule has 0 nitrogen and oxygen atoms in total. The molecule has 0 unspecified atom stereocenters. The second kappa shape index (κ2) is 10.2. The van der Waals surface area contributed by atoms with E-state index in [1.165, 1.54) is 76.8 Å². The van der Waals surface area contributed by atoms with E-state index in [0.29, 0.717) is 0 Å². The summed E-state index contributed by atoms with van der Waals surface area (Å²) in [6.45, 7) is 0. The van der Waals surface area contributed by atoms with Crippen LogP contribution >= 0.6 is 0 Å². The average Bonchev–Trinajstić information content (AvgIpc) is 3.07. The molecule has 8 aromatic rings. The average molecular weight is 533 g/mol. The molecule has 0 amide bonds. The fourth-order valence-electron chi connectivity index (χ4n) is 6.43. The lowest BCUT2D eigenvalue weighted by Crippen LogP contribution is -1.90. The zero-order valence-corrected chi connectivity index (χ0v) is 23.2. The van der Waals surface area contributed by atoms with Crippen LogP contribution in [0.25, 0.3) is 76.8 Å². The highest BCUT2D eigenvalue weighted by Gasteiger charge is 2.16. The van der Waals surface area contributed by atoms with E-state index in [1.54, 1.807) is 0 Å². The minimum absolute atomic E-state index is 1.22. The fraction of sp³-hybridized carbons (Fsp3) is 0. The summed E-state index contributed by atoms with van der Waals surface area (Å²) in [6.07, 6.45) is 0. The fourth-order valence-corrected chi connectivity index (χ4v) is 6.43. The van der Waals surface area contributed by atoms with Crippen molar-refractivity contribution in [1.29, 1.82) is 0 Å². The number of rotatable bonds is 4. The maximum atomic E-state index is 2.30. The Hall–Kier alpha value is -5.46. The van der Waals surface area contributed by atoms with Crippen molar-refractivity contribution in [1.82, 2.24) is 0 Å². The maximum Gasteiger partial charge on any atom is -0.00264 e. The highest BCUT2D eigenvalue weighted by molar-refractivity contribution is 6.21. The Morgan fingerprint density at radius 3 is 1.24 bits per heavy atom. The zero-order chi connectivity index (χ0) is 27.9. The van der Waals surface area contributed by atoms with Gasteiger partial charge in [0.25, 0.3) is 0 Å². The Bertz CT molecular complexity index is 2160. The van der Waals surface area contributed by atoms with Gasteiger partial charge < -0.3 is 0 Å². The molecule has 0 aromatic heterocycles. The molecule has 0 heterocycles. The van der Waals surface area contributed by atoms with Crippen molar-refractivity contribution in [2.24, 2.45) is 0 Å². The van der Waals surface area contributed by atoms with Crippen molar-refractivity contribution in [3.05, 3.63) is 170 Å². The monoisotopic (exact) mass is 532 g/mol. The van der Waals surface area contributed by atoms with Gasteiger partial charge in [0.2, 0.25) is 0 Å². The molecular formula is C42H28. The lowest BCUT2D eigenvalue weighted by Gasteiger charge is -2.18. The van der Waals surface area contributed by atoms with Gasteiger partial charge in [-0.05, 0) is 89.0 Å². The van der Waals surface area contributed by atoms with E-state index in [9.17, 15) is 0 Å². The minimum Gasteiger partial charge on any atom is -0.0622 e. The van der Waals surface area contributed by atoms with Crippen molar-refractivity contribution in [3.63, 3.8) is 0 Å². The second-order valence-corrected chi connectivity index (χ2v) is 10.9. The number of hydrogen-bond donors (Lipinski definition) is 0. The van der Waals surface area contributed by atoms with E-state index in [0.717, 1.165) is 0 Å². The standard InChI is InChI=1S/C42H28/c1-2-12-31(13-3-1)41-37-17-6-8-19-39(37)42(40-20-9-7-18-38(40)41)32-24-21-30(22-25-32)34-15-10-16-35(27-34)36-26-23-29-11-4-5-14-33(29)28-36/h1-28H. The zero-order valence-electron chi connectivity index (χ0n) is 23.2. The number of fused-ring (bicyclic) bond motifs is 3. The second-order valence-electron chi connectivity index (χ2n) is 10.9. The molecule has 0 radical (unpaired) electrons. The van der Waals surface area contributed by atoms with Gasteiger partial charge in [-0.2, -0.15) is 0 Å². The first-order valence-electron chi connectivity index (χ1n) is 14.5. The van der Waals surface area contributed by atoms with Gasteiger partial charge in [0.15, 0.2) is 0 Å². The van der Waals surface area contributed by atoms with Gasteiger partial charge in [-0.15, -0.1) is 0 Å². The lowest BCUT2D eigenvalue weighted by molar-refractivity contribution is 1.59. The lowest BCUT2D eigenvalue weighted by atomic mass is 9.85. The van der Waals surface area contributed by atoms with E-state index in [2.05, 4.69) is 170 Å². The van der Waals surface area contributed by atoms with E-state index in [-0.39, 0.29) is 0 Å². The Morgan fingerprint density at radius 1 is 0.214 bits per heavy atom. The molecule has 8 rings (SSSR count). The molecule has 0 heteroatoms. The summed E-state index contributed by atoms with van der Waals surface area (Å²) >= 11 is 0. The largest absolute Gasteiger partial charge is 0.0622 e. The molecule has 0 bridgehead atoms. The number of benzene rings is 8. The SMILES string of the molecule is c1ccc(-c2c3ccccc3c(-c3ccc(-c4cccc(-c5ccc6ccccc6c5)c4)cc3)c3ccccc23)cc1. The molecule has 42 heavy (non-hydrogen) atoms. The van der Waals surface area contributed by atoms with Crippen molar-refractivity contribution in [3.8, 4) is 44.5 Å². The van der Waals surface area contributed by atoms with Crippen LogP contribution in [-0.4, -0.2) is 0 Å². The third-order valence-corrected chi connectivity index (χ3v) is 8.45. The highest BCUT2D eigenvalue weighted by atomic mass is 14.2. The normalized spacial score (nSPS) is 11.3. The van der Waals surface area contributed by atoms with Crippen molar-refractivity contribution in [2.75, 3.05) is 0 Å². The summed E-state index contributed by atoms with van der Waals surface area (Å²) in [7, 11) is 0. The number of hydrogen-bond acceptors (Lipinski definition) is 0. The van der Waals surface area contributed by atoms with Crippen LogP contribution in [0.4, 0.5) is 0 Å².